The Morgan fingerprint density at radius 1 is 1.31 bits per heavy atom. The summed E-state index contributed by atoms with van der Waals surface area (Å²) in [6, 6.07) is 8.12. The molecule has 1 N–H and O–H groups in total. The lowest BCUT2D eigenvalue weighted by Gasteiger charge is -2.23. The van der Waals surface area contributed by atoms with Gasteiger partial charge in [-0.2, -0.15) is 0 Å². The smallest absolute Gasteiger partial charge is 0.0408 e. The predicted octanol–water partition coefficient (Wildman–Crippen LogP) is 3.91. The van der Waals surface area contributed by atoms with E-state index < -0.39 is 0 Å². The van der Waals surface area contributed by atoms with Gasteiger partial charge in [0.2, 0.25) is 0 Å². The van der Waals surface area contributed by atoms with Crippen LogP contribution in [0.3, 0.4) is 0 Å². The van der Waals surface area contributed by atoms with Gasteiger partial charge in [-0.1, -0.05) is 30.7 Å². The molecule has 90 valence electrons. The van der Waals surface area contributed by atoms with Gasteiger partial charge < -0.3 is 5.32 Å². The van der Waals surface area contributed by atoms with Crippen LogP contribution in [-0.2, 0) is 6.42 Å². The first kappa shape index (κ1) is 13.5. The second-order valence-electron chi connectivity index (χ2n) is 5.57. The molecule has 0 saturated carbocycles. The lowest BCUT2D eigenvalue weighted by atomic mass is 9.99. The van der Waals surface area contributed by atoms with Crippen LogP contribution in [-0.4, -0.2) is 12.1 Å². The average molecular weight is 240 g/mol. The first-order valence-electron chi connectivity index (χ1n) is 5.86. The van der Waals surface area contributed by atoms with Crippen LogP contribution in [0.15, 0.2) is 24.3 Å². The van der Waals surface area contributed by atoms with Crippen LogP contribution in [0, 0.1) is 5.92 Å². The third-order valence-corrected chi connectivity index (χ3v) is 2.69. The molecule has 1 atom stereocenters. The van der Waals surface area contributed by atoms with Gasteiger partial charge in [-0.05, 0) is 57.4 Å². The van der Waals surface area contributed by atoms with Crippen LogP contribution >= 0.6 is 11.6 Å². The molecule has 1 rings (SSSR count). The molecule has 1 nitrogen and oxygen atoms in total. The molecular weight excluding hydrogens is 218 g/mol. The van der Waals surface area contributed by atoms with E-state index in [4.69, 9.17) is 11.6 Å². The molecule has 0 bridgehead atoms. The van der Waals surface area contributed by atoms with Crippen LogP contribution in [0.1, 0.15) is 33.3 Å². The number of halogens is 1. The van der Waals surface area contributed by atoms with Gasteiger partial charge in [0.25, 0.3) is 0 Å². The molecule has 1 aromatic carbocycles. The monoisotopic (exact) mass is 239 g/mol. The van der Waals surface area contributed by atoms with Gasteiger partial charge in [0.1, 0.15) is 0 Å². The summed E-state index contributed by atoms with van der Waals surface area (Å²) in [6.07, 6.45) is 1.07. The normalized spacial score (nSPS) is 13.8. The minimum Gasteiger partial charge on any atom is -0.312 e. The van der Waals surface area contributed by atoms with E-state index in [0.29, 0.717) is 5.92 Å². The van der Waals surface area contributed by atoms with Crippen LogP contribution < -0.4 is 5.32 Å². The molecule has 1 unspecified atom stereocenters. The zero-order valence-electron chi connectivity index (χ0n) is 10.7. The Kier molecular flexibility index (Phi) is 4.82. The minimum atomic E-state index is 0.197. The molecule has 0 heterocycles. The Hall–Kier alpha value is -0.530. The van der Waals surface area contributed by atoms with Crippen molar-refractivity contribution in [2.75, 3.05) is 6.54 Å². The number of hydrogen-bond donors (Lipinski definition) is 1. The van der Waals surface area contributed by atoms with Crippen molar-refractivity contribution in [1.82, 2.24) is 5.32 Å². The fraction of sp³-hybridized carbons (Fsp3) is 0.571. The lowest BCUT2D eigenvalue weighted by Crippen LogP contribution is -2.39. The SMILES string of the molecule is CC(CNC(C)(C)C)Cc1cccc(Cl)c1. The van der Waals surface area contributed by atoms with E-state index in [1.54, 1.807) is 0 Å². The Morgan fingerprint density at radius 2 is 2.00 bits per heavy atom. The predicted molar refractivity (Wildman–Crippen MR) is 72.1 cm³/mol. The average Bonchev–Trinajstić information content (AvgIpc) is 2.14. The summed E-state index contributed by atoms with van der Waals surface area (Å²) in [5, 5.41) is 4.35. The van der Waals surface area contributed by atoms with Gasteiger partial charge in [-0.3, -0.25) is 0 Å². The molecule has 0 amide bonds. The molecule has 0 fully saturated rings. The molecule has 0 aromatic heterocycles. The van der Waals surface area contributed by atoms with Crippen molar-refractivity contribution in [2.24, 2.45) is 5.92 Å². The maximum absolute atomic E-state index is 5.96. The molecule has 0 aliphatic rings. The van der Waals surface area contributed by atoms with Crippen molar-refractivity contribution in [3.63, 3.8) is 0 Å². The fourth-order valence-corrected chi connectivity index (χ4v) is 1.83. The number of hydrogen-bond acceptors (Lipinski definition) is 1. The summed E-state index contributed by atoms with van der Waals surface area (Å²) >= 11 is 5.96. The van der Waals surface area contributed by atoms with Crippen LogP contribution in [0.4, 0.5) is 0 Å². The maximum Gasteiger partial charge on any atom is 0.0408 e. The first-order valence-corrected chi connectivity index (χ1v) is 6.24. The van der Waals surface area contributed by atoms with Gasteiger partial charge in [-0.15, -0.1) is 0 Å². The van der Waals surface area contributed by atoms with Crippen molar-refractivity contribution in [3.8, 4) is 0 Å². The van der Waals surface area contributed by atoms with Crippen LogP contribution in [0.5, 0.6) is 0 Å². The molecule has 0 radical (unpaired) electrons. The molecule has 0 spiro atoms. The summed E-state index contributed by atoms with van der Waals surface area (Å²) in [4.78, 5) is 0. The zero-order valence-corrected chi connectivity index (χ0v) is 11.4. The third-order valence-electron chi connectivity index (χ3n) is 2.45. The Bertz CT molecular complexity index is 328. The fourth-order valence-electron chi connectivity index (χ4n) is 1.62. The summed E-state index contributed by atoms with van der Waals surface area (Å²) in [7, 11) is 0. The Balaban J connectivity index is 2.43. The van der Waals surface area contributed by atoms with E-state index in [9.17, 15) is 0 Å². The van der Waals surface area contributed by atoms with Gasteiger partial charge in [-0.25, -0.2) is 0 Å². The van der Waals surface area contributed by atoms with Crippen molar-refractivity contribution < 1.29 is 0 Å². The molecule has 0 aliphatic heterocycles. The minimum absolute atomic E-state index is 0.197. The highest BCUT2D eigenvalue weighted by Gasteiger charge is 2.11. The van der Waals surface area contributed by atoms with E-state index in [1.807, 2.05) is 12.1 Å². The largest absolute Gasteiger partial charge is 0.312 e. The number of benzene rings is 1. The van der Waals surface area contributed by atoms with Gasteiger partial charge in [0.15, 0.2) is 0 Å². The summed E-state index contributed by atoms with van der Waals surface area (Å²) in [6.45, 7) is 9.88. The van der Waals surface area contributed by atoms with E-state index >= 15 is 0 Å². The molecule has 0 saturated heterocycles. The van der Waals surface area contributed by atoms with Crippen LogP contribution in [0.2, 0.25) is 5.02 Å². The zero-order chi connectivity index (χ0) is 12.2. The van der Waals surface area contributed by atoms with Crippen molar-refractivity contribution in [2.45, 2.75) is 39.7 Å². The number of rotatable bonds is 4. The third kappa shape index (κ3) is 5.53. The molecule has 16 heavy (non-hydrogen) atoms. The Morgan fingerprint density at radius 3 is 2.56 bits per heavy atom. The highest BCUT2D eigenvalue weighted by molar-refractivity contribution is 6.30. The summed E-state index contributed by atoms with van der Waals surface area (Å²) in [5.41, 5.74) is 1.51. The van der Waals surface area contributed by atoms with Gasteiger partial charge >= 0.3 is 0 Å². The highest BCUT2D eigenvalue weighted by atomic mass is 35.5. The van der Waals surface area contributed by atoms with Crippen molar-refractivity contribution >= 4 is 11.6 Å². The maximum atomic E-state index is 5.96. The van der Waals surface area contributed by atoms with E-state index in [1.165, 1.54) is 5.56 Å². The quantitative estimate of drug-likeness (QED) is 0.840. The summed E-state index contributed by atoms with van der Waals surface area (Å²) < 4.78 is 0. The topological polar surface area (TPSA) is 12.0 Å². The van der Waals surface area contributed by atoms with Gasteiger partial charge in [0, 0.05) is 10.6 Å². The molecule has 1 aromatic rings. The van der Waals surface area contributed by atoms with Gasteiger partial charge in [0.05, 0.1) is 0 Å². The molecule has 0 aliphatic carbocycles. The highest BCUT2D eigenvalue weighted by Crippen LogP contribution is 2.14. The van der Waals surface area contributed by atoms with Crippen molar-refractivity contribution in [3.05, 3.63) is 34.9 Å². The van der Waals surface area contributed by atoms with Crippen molar-refractivity contribution in [1.29, 1.82) is 0 Å². The second kappa shape index (κ2) is 5.70. The Labute approximate surface area is 104 Å². The standard InChI is InChI=1S/C14H22ClN/c1-11(10-16-14(2,3)4)8-12-6-5-7-13(15)9-12/h5-7,9,11,16H,8,10H2,1-4H3. The molecule has 2 heteroatoms. The number of nitrogens with one attached hydrogen (secondary N) is 1. The van der Waals surface area contributed by atoms with E-state index in [-0.39, 0.29) is 5.54 Å². The van der Waals surface area contributed by atoms with Crippen LogP contribution in [0.25, 0.3) is 0 Å². The molecular formula is C14H22ClN. The van der Waals surface area contributed by atoms with E-state index in [2.05, 4.69) is 45.1 Å². The second-order valence-corrected chi connectivity index (χ2v) is 6.01. The van der Waals surface area contributed by atoms with E-state index in [0.717, 1.165) is 18.0 Å². The summed E-state index contributed by atoms with van der Waals surface area (Å²) in [5.74, 6) is 0.623. The lowest BCUT2D eigenvalue weighted by molar-refractivity contribution is 0.381. The first-order chi connectivity index (χ1) is 7.37.